The van der Waals surface area contributed by atoms with Gasteiger partial charge in [0.2, 0.25) is 0 Å². The summed E-state index contributed by atoms with van der Waals surface area (Å²) in [5.74, 6) is 0.771. The summed E-state index contributed by atoms with van der Waals surface area (Å²) < 4.78 is 0. The maximum Gasteiger partial charge on any atom is 0.155 e. The number of aromatic nitrogens is 3. The molecule has 1 heterocycles. The number of hydrogen-bond donors (Lipinski definition) is 2. The first kappa shape index (κ1) is 13.3. The van der Waals surface area contributed by atoms with E-state index in [0.717, 1.165) is 23.6 Å². The molecule has 0 aliphatic rings. The summed E-state index contributed by atoms with van der Waals surface area (Å²) >= 11 is 0. The van der Waals surface area contributed by atoms with Gasteiger partial charge in [0.15, 0.2) is 5.82 Å². The molecular formula is C14H19N5. The van der Waals surface area contributed by atoms with Crippen LogP contribution in [0.3, 0.4) is 0 Å². The maximum absolute atomic E-state index is 4.35. The van der Waals surface area contributed by atoms with Crippen molar-refractivity contribution in [1.82, 2.24) is 15.2 Å². The van der Waals surface area contributed by atoms with Crippen LogP contribution in [0.1, 0.15) is 20.8 Å². The van der Waals surface area contributed by atoms with Gasteiger partial charge in [-0.3, -0.25) is 10.1 Å². The van der Waals surface area contributed by atoms with Crippen molar-refractivity contribution in [1.29, 1.82) is 0 Å². The number of hydrogen-bond acceptors (Lipinski definition) is 3. The molecule has 0 saturated carbocycles. The molecule has 0 radical (unpaired) electrons. The van der Waals surface area contributed by atoms with Gasteiger partial charge in [-0.15, -0.1) is 0 Å². The lowest BCUT2D eigenvalue weighted by Gasteiger charge is -2.13. The molecule has 19 heavy (non-hydrogen) atoms. The molecular weight excluding hydrogens is 238 g/mol. The molecule has 0 saturated heterocycles. The molecule has 1 aromatic carbocycles. The van der Waals surface area contributed by atoms with Crippen molar-refractivity contribution in [2.45, 2.75) is 20.8 Å². The second-order valence-corrected chi connectivity index (χ2v) is 5.59. The minimum absolute atomic E-state index is 0.217. The topological polar surface area (TPSA) is 66.0 Å². The number of aliphatic imine (C=N–C) groups is 1. The van der Waals surface area contributed by atoms with Crippen LogP contribution in [-0.4, -0.2) is 28.1 Å². The van der Waals surface area contributed by atoms with E-state index >= 15 is 0 Å². The molecule has 0 amide bonds. The summed E-state index contributed by atoms with van der Waals surface area (Å²) in [4.78, 5) is 8.45. The molecule has 0 atom stereocenters. The molecule has 0 bridgehead atoms. The Morgan fingerprint density at radius 2 is 2.00 bits per heavy atom. The lowest BCUT2D eigenvalue weighted by Crippen LogP contribution is -2.10. The highest BCUT2D eigenvalue weighted by Gasteiger charge is 2.07. The number of rotatable bonds is 4. The van der Waals surface area contributed by atoms with Gasteiger partial charge >= 0.3 is 0 Å². The number of H-pyrrole nitrogens is 1. The third-order valence-electron chi connectivity index (χ3n) is 2.46. The van der Waals surface area contributed by atoms with Gasteiger partial charge in [0.25, 0.3) is 0 Å². The second kappa shape index (κ2) is 5.65. The molecule has 0 fully saturated rings. The van der Waals surface area contributed by atoms with Gasteiger partial charge in [-0.2, -0.15) is 5.10 Å². The van der Waals surface area contributed by atoms with Crippen molar-refractivity contribution in [2.24, 2.45) is 10.4 Å². The molecule has 5 heteroatoms. The van der Waals surface area contributed by atoms with Crippen LogP contribution in [0.25, 0.3) is 11.4 Å². The third-order valence-corrected chi connectivity index (χ3v) is 2.46. The van der Waals surface area contributed by atoms with Gasteiger partial charge in [0.1, 0.15) is 6.33 Å². The first-order valence-corrected chi connectivity index (χ1v) is 6.25. The quantitative estimate of drug-likeness (QED) is 0.653. The molecule has 2 aromatic rings. The SMILES string of the molecule is CC(C)(C)CN=CNc1ccc(-c2ncn[nH]2)cc1. The zero-order valence-electron chi connectivity index (χ0n) is 11.5. The van der Waals surface area contributed by atoms with Crippen LogP contribution in [0, 0.1) is 5.41 Å². The van der Waals surface area contributed by atoms with Crippen molar-refractivity contribution in [2.75, 3.05) is 11.9 Å². The van der Waals surface area contributed by atoms with Crippen molar-refractivity contribution in [3.63, 3.8) is 0 Å². The minimum Gasteiger partial charge on any atom is -0.347 e. The predicted molar refractivity (Wildman–Crippen MR) is 78.3 cm³/mol. The fraction of sp³-hybridized carbons (Fsp3) is 0.357. The molecule has 0 aliphatic heterocycles. The molecule has 5 nitrogen and oxygen atoms in total. The summed E-state index contributed by atoms with van der Waals surface area (Å²) in [6.07, 6.45) is 3.25. The van der Waals surface area contributed by atoms with Crippen LogP contribution < -0.4 is 5.32 Å². The number of anilines is 1. The fourth-order valence-corrected chi connectivity index (χ4v) is 1.51. The number of benzene rings is 1. The van der Waals surface area contributed by atoms with Crippen LogP contribution in [0.2, 0.25) is 0 Å². The maximum atomic E-state index is 4.35. The van der Waals surface area contributed by atoms with Crippen LogP contribution in [0.15, 0.2) is 35.6 Å². The summed E-state index contributed by atoms with van der Waals surface area (Å²) in [5.41, 5.74) is 2.23. The van der Waals surface area contributed by atoms with Gasteiger partial charge in [0.05, 0.1) is 6.34 Å². The first-order valence-electron chi connectivity index (χ1n) is 6.25. The molecule has 1 aromatic heterocycles. The monoisotopic (exact) mass is 257 g/mol. The number of nitrogens with zero attached hydrogens (tertiary/aromatic N) is 3. The Labute approximate surface area is 113 Å². The Bertz CT molecular complexity index is 520. The Balaban J connectivity index is 1.92. The Morgan fingerprint density at radius 3 is 2.58 bits per heavy atom. The summed E-state index contributed by atoms with van der Waals surface area (Å²) in [6, 6.07) is 7.95. The summed E-state index contributed by atoms with van der Waals surface area (Å²) in [6.45, 7) is 7.29. The molecule has 2 rings (SSSR count). The lowest BCUT2D eigenvalue weighted by molar-refractivity contribution is 0.430. The zero-order valence-corrected chi connectivity index (χ0v) is 11.5. The van der Waals surface area contributed by atoms with Crippen molar-refractivity contribution >= 4 is 12.0 Å². The zero-order chi connectivity index (χ0) is 13.7. The molecule has 0 aliphatic carbocycles. The van der Waals surface area contributed by atoms with Crippen LogP contribution in [0.4, 0.5) is 5.69 Å². The van der Waals surface area contributed by atoms with Gasteiger partial charge in [-0.05, 0) is 29.7 Å². The largest absolute Gasteiger partial charge is 0.347 e. The van der Waals surface area contributed by atoms with E-state index < -0.39 is 0 Å². The van der Waals surface area contributed by atoms with E-state index in [2.05, 4.69) is 46.3 Å². The highest BCUT2D eigenvalue weighted by molar-refractivity contribution is 5.76. The number of aromatic amines is 1. The van der Waals surface area contributed by atoms with Crippen LogP contribution >= 0.6 is 0 Å². The van der Waals surface area contributed by atoms with Gasteiger partial charge < -0.3 is 5.32 Å². The standard InChI is InChI=1S/C14H19N5/c1-14(2,3)8-15-9-16-12-6-4-11(5-7-12)13-17-10-18-19-13/h4-7,9-10H,8H2,1-3H3,(H,15,16)(H,17,18,19). The van der Waals surface area contributed by atoms with Gasteiger partial charge in [0, 0.05) is 17.8 Å². The molecule has 100 valence electrons. The van der Waals surface area contributed by atoms with E-state index in [1.165, 1.54) is 6.33 Å². The van der Waals surface area contributed by atoms with E-state index in [1.54, 1.807) is 6.34 Å². The van der Waals surface area contributed by atoms with E-state index in [9.17, 15) is 0 Å². The number of nitrogens with one attached hydrogen (secondary N) is 2. The Hall–Kier alpha value is -2.17. The van der Waals surface area contributed by atoms with E-state index in [4.69, 9.17) is 0 Å². The van der Waals surface area contributed by atoms with Crippen LogP contribution in [-0.2, 0) is 0 Å². The predicted octanol–water partition coefficient (Wildman–Crippen LogP) is 2.96. The summed E-state index contributed by atoms with van der Waals surface area (Å²) in [7, 11) is 0. The molecule has 0 spiro atoms. The first-order chi connectivity index (χ1) is 9.04. The third kappa shape index (κ3) is 4.21. The molecule has 2 N–H and O–H groups in total. The van der Waals surface area contributed by atoms with Crippen LogP contribution in [0.5, 0.6) is 0 Å². The minimum atomic E-state index is 0.217. The van der Waals surface area contributed by atoms with Crippen molar-refractivity contribution in [3.8, 4) is 11.4 Å². The normalized spacial score (nSPS) is 11.9. The highest BCUT2D eigenvalue weighted by Crippen LogP contribution is 2.17. The van der Waals surface area contributed by atoms with E-state index in [-0.39, 0.29) is 5.41 Å². The average molecular weight is 257 g/mol. The van der Waals surface area contributed by atoms with Crippen molar-refractivity contribution in [3.05, 3.63) is 30.6 Å². The van der Waals surface area contributed by atoms with Crippen molar-refractivity contribution < 1.29 is 0 Å². The van der Waals surface area contributed by atoms with Gasteiger partial charge in [-0.1, -0.05) is 20.8 Å². The van der Waals surface area contributed by atoms with Gasteiger partial charge in [-0.25, -0.2) is 4.98 Å². The van der Waals surface area contributed by atoms with E-state index in [0.29, 0.717) is 0 Å². The molecule has 0 unspecified atom stereocenters. The average Bonchev–Trinajstić information content (AvgIpc) is 2.88. The summed E-state index contributed by atoms with van der Waals surface area (Å²) in [5, 5.41) is 9.82. The smallest absolute Gasteiger partial charge is 0.155 e. The second-order valence-electron chi connectivity index (χ2n) is 5.59. The Morgan fingerprint density at radius 1 is 1.26 bits per heavy atom. The lowest BCUT2D eigenvalue weighted by atomic mass is 9.98. The fourth-order valence-electron chi connectivity index (χ4n) is 1.51. The highest BCUT2D eigenvalue weighted by atomic mass is 15.2. The van der Waals surface area contributed by atoms with E-state index in [1.807, 2.05) is 24.3 Å². The Kier molecular flexibility index (Phi) is 3.94.